The second-order valence-electron chi connectivity index (χ2n) is 8.99. The van der Waals surface area contributed by atoms with E-state index in [1.54, 1.807) is 0 Å². The Labute approximate surface area is 205 Å². The van der Waals surface area contributed by atoms with Gasteiger partial charge in [0.05, 0.1) is 5.52 Å². The van der Waals surface area contributed by atoms with Gasteiger partial charge in [-0.3, -0.25) is 0 Å². The maximum absolute atomic E-state index is 6.02. The molecular weight excluding hydrogens is 446 g/mol. The lowest BCUT2D eigenvalue weighted by molar-refractivity contribution is 0.669. The fraction of sp³-hybridized carbons (Fsp3) is 0. The van der Waals surface area contributed by atoms with E-state index in [0.717, 1.165) is 21.9 Å². The largest absolute Gasteiger partial charge is 0.456 e. The zero-order chi connectivity index (χ0) is 22.9. The molecule has 0 atom stereocenters. The van der Waals surface area contributed by atoms with E-state index in [0.29, 0.717) is 0 Å². The Morgan fingerprint density at radius 2 is 1.23 bits per heavy atom. The molecule has 0 bridgehead atoms. The quantitative estimate of drug-likeness (QED) is 0.248. The average molecular weight is 466 g/mol. The molecule has 8 aromatic rings. The summed E-state index contributed by atoms with van der Waals surface area (Å²) in [7, 11) is 0. The highest BCUT2D eigenvalue weighted by molar-refractivity contribution is 7.25. The predicted molar refractivity (Wildman–Crippen MR) is 149 cm³/mol. The van der Waals surface area contributed by atoms with Gasteiger partial charge in [-0.15, -0.1) is 11.3 Å². The van der Waals surface area contributed by atoms with E-state index in [4.69, 9.17) is 4.42 Å². The lowest BCUT2D eigenvalue weighted by Gasteiger charge is -2.09. The molecule has 3 heterocycles. The third kappa shape index (κ3) is 2.70. The molecule has 5 aromatic carbocycles. The Bertz CT molecular complexity index is 2050. The van der Waals surface area contributed by atoms with Gasteiger partial charge in [0, 0.05) is 37.3 Å². The van der Waals surface area contributed by atoms with Crippen molar-refractivity contribution in [3.05, 3.63) is 115 Å². The van der Waals surface area contributed by atoms with Crippen LogP contribution in [0.1, 0.15) is 0 Å². The third-order valence-electron chi connectivity index (χ3n) is 7.03. The molecule has 35 heavy (non-hydrogen) atoms. The molecule has 0 saturated heterocycles. The highest BCUT2D eigenvalue weighted by Crippen LogP contribution is 2.42. The molecule has 0 aliphatic heterocycles. The minimum absolute atomic E-state index is 0.928. The van der Waals surface area contributed by atoms with Gasteiger partial charge in [0.25, 0.3) is 0 Å². The van der Waals surface area contributed by atoms with Gasteiger partial charge in [-0.2, -0.15) is 0 Å². The van der Waals surface area contributed by atoms with Crippen molar-refractivity contribution in [2.24, 2.45) is 0 Å². The van der Waals surface area contributed by atoms with Crippen LogP contribution < -0.4 is 0 Å². The molecule has 0 unspecified atom stereocenters. The molecule has 0 saturated carbocycles. The van der Waals surface area contributed by atoms with E-state index in [2.05, 4.69) is 108 Å². The van der Waals surface area contributed by atoms with E-state index in [-0.39, 0.29) is 0 Å². The molecule has 164 valence electrons. The Morgan fingerprint density at radius 3 is 2.11 bits per heavy atom. The molecule has 0 aliphatic rings. The summed E-state index contributed by atoms with van der Waals surface area (Å²) in [5.41, 5.74) is 6.68. The monoisotopic (exact) mass is 465 g/mol. The SMILES string of the molecule is c1ccc2c(c1)oc1ccc(-c3ccc(-n4c5ccccc5c5c6ccccc6sc54)cc3)cc12. The van der Waals surface area contributed by atoms with Crippen molar-refractivity contribution in [1.29, 1.82) is 0 Å². The van der Waals surface area contributed by atoms with Crippen LogP contribution in [0.5, 0.6) is 0 Å². The number of thiophene rings is 1. The Morgan fingerprint density at radius 1 is 0.543 bits per heavy atom. The first-order valence-corrected chi connectivity index (χ1v) is 12.6. The first kappa shape index (κ1) is 19.0. The Hall–Kier alpha value is -4.34. The average Bonchev–Trinajstić information content (AvgIpc) is 3.57. The number of benzene rings is 5. The first-order chi connectivity index (χ1) is 17.3. The molecular formula is C32H19NOS. The van der Waals surface area contributed by atoms with Crippen molar-refractivity contribution in [1.82, 2.24) is 4.57 Å². The number of furan rings is 1. The molecule has 3 aromatic heterocycles. The van der Waals surface area contributed by atoms with Crippen molar-refractivity contribution in [2.45, 2.75) is 0 Å². The Kier molecular flexibility index (Phi) is 3.85. The highest BCUT2D eigenvalue weighted by Gasteiger charge is 2.17. The lowest BCUT2D eigenvalue weighted by Crippen LogP contribution is -1.92. The fourth-order valence-electron chi connectivity index (χ4n) is 5.40. The van der Waals surface area contributed by atoms with Crippen molar-refractivity contribution >= 4 is 64.5 Å². The molecule has 2 nitrogen and oxygen atoms in total. The van der Waals surface area contributed by atoms with E-state index in [1.807, 2.05) is 23.5 Å². The number of rotatable bonds is 2. The minimum atomic E-state index is 0.928. The van der Waals surface area contributed by atoms with Gasteiger partial charge in [0.2, 0.25) is 0 Å². The first-order valence-electron chi connectivity index (χ1n) is 11.8. The molecule has 8 rings (SSSR count). The number of aromatic nitrogens is 1. The molecule has 0 N–H and O–H groups in total. The van der Waals surface area contributed by atoms with Crippen LogP contribution in [-0.2, 0) is 0 Å². The van der Waals surface area contributed by atoms with Crippen molar-refractivity contribution in [3.8, 4) is 16.8 Å². The van der Waals surface area contributed by atoms with Gasteiger partial charge in [-0.05, 0) is 53.6 Å². The number of hydrogen-bond donors (Lipinski definition) is 0. The summed E-state index contributed by atoms with van der Waals surface area (Å²) in [5, 5.41) is 6.31. The van der Waals surface area contributed by atoms with E-state index < -0.39 is 0 Å². The van der Waals surface area contributed by atoms with Crippen LogP contribution in [0.25, 0.3) is 70.0 Å². The fourth-order valence-corrected chi connectivity index (χ4v) is 6.66. The second kappa shape index (κ2) is 7.08. The maximum atomic E-state index is 6.02. The number of fused-ring (bicyclic) bond motifs is 8. The number of hydrogen-bond acceptors (Lipinski definition) is 2. The second-order valence-corrected chi connectivity index (χ2v) is 10.0. The minimum Gasteiger partial charge on any atom is -0.456 e. The van der Waals surface area contributed by atoms with Crippen molar-refractivity contribution < 1.29 is 4.42 Å². The van der Waals surface area contributed by atoms with Crippen LogP contribution in [0, 0.1) is 0 Å². The van der Waals surface area contributed by atoms with Crippen LogP contribution in [-0.4, -0.2) is 4.57 Å². The third-order valence-corrected chi connectivity index (χ3v) is 8.19. The standard InChI is InChI=1S/C32H19NOS/c1-4-10-27-24(8-1)31-25-9-3-6-12-30(25)35-32(31)33(27)22-16-13-20(14-17-22)21-15-18-29-26(19-21)23-7-2-5-11-28(23)34-29/h1-19H. The van der Waals surface area contributed by atoms with Crippen LogP contribution in [0.4, 0.5) is 0 Å². The molecule has 0 radical (unpaired) electrons. The zero-order valence-corrected chi connectivity index (χ0v) is 19.5. The summed E-state index contributed by atoms with van der Waals surface area (Å²) in [6.07, 6.45) is 0. The van der Waals surface area contributed by atoms with E-state index in [1.165, 1.54) is 48.0 Å². The highest BCUT2D eigenvalue weighted by atomic mass is 32.1. The van der Waals surface area contributed by atoms with Crippen molar-refractivity contribution in [2.75, 3.05) is 0 Å². The Balaban J connectivity index is 1.30. The maximum Gasteiger partial charge on any atom is 0.135 e. The van der Waals surface area contributed by atoms with Gasteiger partial charge in [-0.25, -0.2) is 0 Å². The summed E-state index contributed by atoms with van der Waals surface area (Å²) < 4.78 is 9.75. The van der Waals surface area contributed by atoms with Crippen LogP contribution in [0.15, 0.2) is 120 Å². The summed E-state index contributed by atoms with van der Waals surface area (Å²) in [6.45, 7) is 0. The van der Waals surface area contributed by atoms with E-state index >= 15 is 0 Å². The summed E-state index contributed by atoms with van der Waals surface area (Å²) >= 11 is 1.87. The normalized spacial score (nSPS) is 12.0. The van der Waals surface area contributed by atoms with Crippen LogP contribution in [0.2, 0.25) is 0 Å². The van der Waals surface area contributed by atoms with Gasteiger partial charge < -0.3 is 8.98 Å². The van der Waals surface area contributed by atoms with Gasteiger partial charge >= 0.3 is 0 Å². The molecule has 3 heteroatoms. The summed E-state index contributed by atoms with van der Waals surface area (Å²) in [5.74, 6) is 0. The lowest BCUT2D eigenvalue weighted by atomic mass is 10.0. The predicted octanol–water partition coefficient (Wildman–Crippen LogP) is 9.56. The summed E-state index contributed by atoms with van der Waals surface area (Å²) in [4.78, 5) is 1.30. The topological polar surface area (TPSA) is 18.1 Å². The molecule has 0 aliphatic carbocycles. The smallest absolute Gasteiger partial charge is 0.135 e. The van der Waals surface area contributed by atoms with Gasteiger partial charge in [0.15, 0.2) is 0 Å². The van der Waals surface area contributed by atoms with Crippen LogP contribution in [0.3, 0.4) is 0 Å². The van der Waals surface area contributed by atoms with Gasteiger partial charge in [0.1, 0.15) is 16.0 Å². The number of nitrogens with zero attached hydrogens (tertiary/aromatic N) is 1. The molecule has 0 amide bonds. The molecule has 0 spiro atoms. The van der Waals surface area contributed by atoms with Crippen LogP contribution >= 0.6 is 11.3 Å². The van der Waals surface area contributed by atoms with E-state index in [9.17, 15) is 0 Å². The molecule has 0 fully saturated rings. The zero-order valence-electron chi connectivity index (χ0n) is 18.7. The summed E-state index contributed by atoms with van der Waals surface area (Å²) in [6, 6.07) is 41.1. The van der Waals surface area contributed by atoms with Gasteiger partial charge in [-0.1, -0.05) is 72.8 Å². The number of para-hydroxylation sites is 2. The van der Waals surface area contributed by atoms with Crippen molar-refractivity contribution in [3.63, 3.8) is 0 Å².